The summed E-state index contributed by atoms with van der Waals surface area (Å²) in [5, 5.41) is 2.99. The summed E-state index contributed by atoms with van der Waals surface area (Å²) in [6.07, 6.45) is 8.46. The molecule has 0 atom stereocenters. The average molecular weight is 439 g/mol. The van der Waals surface area contributed by atoms with Crippen molar-refractivity contribution in [2.75, 3.05) is 19.6 Å². The van der Waals surface area contributed by atoms with Crippen molar-refractivity contribution in [2.24, 2.45) is 0 Å². The normalized spacial score (nSPS) is 18.4. The lowest BCUT2D eigenvalue weighted by molar-refractivity contribution is -0.121. The summed E-state index contributed by atoms with van der Waals surface area (Å²) in [5.41, 5.74) is 1.21. The van der Waals surface area contributed by atoms with Gasteiger partial charge in [-0.2, -0.15) is 0 Å². The number of H-pyrrole nitrogens is 1. The number of nitrogens with zero attached hydrogens (tertiary/aromatic N) is 1. The Morgan fingerprint density at radius 1 is 1.00 bits per heavy atom. The largest absolute Gasteiger partial charge is 0.361 e. The van der Waals surface area contributed by atoms with Gasteiger partial charge < -0.3 is 15.2 Å². The quantitative estimate of drug-likeness (QED) is 0.607. The highest BCUT2D eigenvalue weighted by Gasteiger charge is 2.31. The van der Waals surface area contributed by atoms with Crippen molar-refractivity contribution in [3.05, 3.63) is 17.0 Å². The van der Waals surface area contributed by atoms with Crippen LogP contribution in [0.1, 0.15) is 79.5 Å². The second-order valence-corrected chi connectivity index (χ2v) is 10.2. The molecule has 8 nitrogen and oxygen atoms in total. The molecule has 0 radical (unpaired) electrons. The SMILES string of the molecule is Cc1[nH]c(C)c(S(=O)(=O)NCCC(=O)NC2CCCCC2)c1C(=O)N1CCCCC1. The number of piperidine rings is 1. The maximum atomic E-state index is 13.1. The minimum atomic E-state index is -3.92. The fraction of sp³-hybridized carbons (Fsp3) is 0.714. The molecule has 0 aromatic carbocycles. The second-order valence-electron chi connectivity index (χ2n) is 8.48. The second kappa shape index (κ2) is 9.96. The molecule has 1 aliphatic carbocycles. The van der Waals surface area contributed by atoms with Crippen LogP contribution in [0, 0.1) is 13.8 Å². The van der Waals surface area contributed by atoms with Gasteiger partial charge in [0.05, 0.1) is 5.56 Å². The van der Waals surface area contributed by atoms with E-state index in [1.54, 1.807) is 18.7 Å². The molecule has 3 N–H and O–H groups in total. The third-order valence-electron chi connectivity index (χ3n) is 6.06. The van der Waals surface area contributed by atoms with Gasteiger partial charge in [-0.25, -0.2) is 13.1 Å². The van der Waals surface area contributed by atoms with E-state index in [1.807, 2.05) is 0 Å². The maximum absolute atomic E-state index is 13.1. The number of hydrogen-bond donors (Lipinski definition) is 3. The summed E-state index contributed by atoms with van der Waals surface area (Å²) in [6.45, 7) is 4.68. The third-order valence-corrected chi connectivity index (χ3v) is 7.69. The van der Waals surface area contributed by atoms with Crippen LogP contribution in [-0.4, -0.2) is 55.8 Å². The van der Waals surface area contributed by atoms with Crippen LogP contribution in [0.4, 0.5) is 0 Å². The first-order valence-electron chi connectivity index (χ1n) is 11.1. The Kier molecular flexibility index (Phi) is 7.57. The molecule has 0 unspecified atom stereocenters. The van der Waals surface area contributed by atoms with Gasteiger partial charge in [0, 0.05) is 43.5 Å². The van der Waals surface area contributed by atoms with E-state index in [0.717, 1.165) is 44.9 Å². The van der Waals surface area contributed by atoms with Crippen LogP contribution >= 0.6 is 0 Å². The van der Waals surface area contributed by atoms with Crippen molar-refractivity contribution >= 4 is 21.8 Å². The van der Waals surface area contributed by atoms with Crippen molar-refractivity contribution in [3.63, 3.8) is 0 Å². The third kappa shape index (κ3) is 5.43. The zero-order valence-corrected chi connectivity index (χ0v) is 18.9. The van der Waals surface area contributed by atoms with Gasteiger partial charge in [-0.05, 0) is 46.0 Å². The number of aromatic amines is 1. The minimum absolute atomic E-state index is 0.00188. The number of amides is 2. The number of carbonyl (C=O) groups is 2. The number of aryl methyl sites for hydroxylation is 2. The Hall–Kier alpha value is -1.87. The molecule has 0 bridgehead atoms. The van der Waals surface area contributed by atoms with E-state index < -0.39 is 10.0 Å². The lowest BCUT2D eigenvalue weighted by atomic mass is 9.95. The molecular weight excluding hydrogens is 404 g/mol. The Morgan fingerprint density at radius 2 is 1.63 bits per heavy atom. The first kappa shape index (κ1) is 22.8. The van der Waals surface area contributed by atoms with E-state index in [2.05, 4.69) is 15.0 Å². The topological polar surface area (TPSA) is 111 Å². The smallest absolute Gasteiger partial charge is 0.257 e. The van der Waals surface area contributed by atoms with Gasteiger partial charge in [0.1, 0.15) is 4.90 Å². The number of likely N-dealkylation sites (tertiary alicyclic amines) is 1. The molecule has 2 amide bonds. The number of carbonyl (C=O) groups excluding carboxylic acids is 2. The molecule has 1 aliphatic heterocycles. The average Bonchev–Trinajstić information content (AvgIpc) is 3.03. The van der Waals surface area contributed by atoms with Gasteiger partial charge >= 0.3 is 0 Å². The molecule has 168 valence electrons. The molecule has 30 heavy (non-hydrogen) atoms. The van der Waals surface area contributed by atoms with Crippen molar-refractivity contribution in [3.8, 4) is 0 Å². The lowest BCUT2D eigenvalue weighted by Crippen LogP contribution is -2.39. The number of sulfonamides is 1. The molecule has 1 aromatic heterocycles. The number of nitrogens with one attached hydrogen (secondary N) is 3. The fourth-order valence-electron chi connectivity index (χ4n) is 4.52. The van der Waals surface area contributed by atoms with Crippen LogP contribution in [-0.2, 0) is 14.8 Å². The van der Waals surface area contributed by atoms with Crippen molar-refractivity contribution in [1.82, 2.24) is 19.9 Å². The van der Waals surface area contributed by atoms with Crippen LogP contribution in [0.5, 0.6) is 0 Å². The molecule has 2 aliphatic rings. The summed E-state index contributed by atoms with van der Waals surface area (Å²) < 4.78 is 28.5. The van der Waals surface area contributed by atoms with E-state index in [0.29, 0.717) is 24.5 Å². The molecule has 2 fully saturated rings. The highest BCUT2D eigenvalue weighted by molar-refractivity contribution is 7.89. The van der Waals surface area contributed by atoms with E-state index >= 15 is 0 Å². The first-order valence-corrected chi connectivity index (χ1v) is 12.6. The Labute approximate surface area is 179 Å². The van der Waals surface area contributed by atoms with Crippen LogP contribution in [0.15, 0.2) is 4.90 Å². The highest BCUT2D eigenvalue weighted by Crippen LogP contribution is 2.26. The maximum Gasteiger partial charge on any atom is 0.257 e. The standard InChI is InChI=1S/C21H34N4O4S/c1-15-19(21(27)25-13-7-4-8-14-25)20(16(2)23-15)30(28,29)22-12-11-18(26)24-17-9-5-3-6-10-17/h17,22-23H,3-14H2,1-2H3,(H,24,26). The predicted octanol–water partition coefficient (Wildman–Crippen LogP) is 2.37. The van der Waals surface area contributed by atoms with Crippen LogP contribution in [0.2, 0.25) is 0 Å². The fourth-order valence-corrected chi connectivity index (χ4v) is 6.00. The minimum Gasteiger partial charge on any atom is -0.361 e. The lowest BCUT2D eigenvalue weighted by Gasteiger charge is -2.27. The molecule has 0 spiro atoms. The number of aromatic nitrogens is 1. The summed E-state index contributed by atoms with van der Waals surface area (Å²) in [5.74, 6) is -0.386. The van der Waals surface area contributed by atoms with Crippen LogP contribution in [0.3, 0.4) is 0 Å². The van der Waals surface area contributed by atoms with E-state index in [4.69, 9.17) is 0 Å². The highest BCUT2D eigenvalue weighted by atomic mass is 32.2. The Bertz CT molecular complexity index is 866. The monoisotopic (exact) mass is 438 g/mol. The van der Waals surface area contributed by atoms with E-state index in [9.17, 15) is 18.0 Å². The summed E-state index contributed by atoms with van der Waals surface area (Å²) in [7, 11) is -3.92. The van der Waals surface area contributed by atoms with Crippen LogP contribution < -0.4 is 10.0 Å². The zero-order valence-electron chi connectivity index (χ0n) is 18.1. The van der Waals surface area contributed by atoms with Crippen molar-refractivity contribution in [2.45, 2.75) is 82.6 Å². The molecule has 1 saturated carbocycles. The summed E-state index contributed by atoms with van der Waals surface area (Å²) >= 11 is 0. The first-order chi connectivity index (χ1) is 14.3. The Morgan fingerprint density at radius 3 is 2.30 bits per heavy atom. The van der Waals surface area contributed by atoms with Gasteiger partial charge in [-0.15, -0.1) is 0 Å². The van der Waals surface area contributed by atoms with Crippen LogP contribution in [0.25, 0.3) is 0 Å². The number of rotatable bonds is 7. The molecule has 9 heteroatoms. The van der Waals surface area contributed by atoms with Gasteiger partial charge in [0.25, 0.3) is 5.91 Å². The van der Waals surface area contributed by atoms with Gasteiger partial charge in [0.15, 0.2) is 0 Å². The molecule has 3 rings (SSSR count). The molecular formula is C21H34N4O4S. The van der Waals surface area contributed by atoms with E-state index in [-0.39, 0.29) is 41.3 Å². The molecule has 1 saturated heterocycles. The molecule has 2 heterocycles. The Balaban J connectivity index is 1.65. The molecule has 1 aromatic rings. The van der Waals surface area contributed by atoms with Gasteiger partial charge in [0.2, 0.25) is 15.9 Å². The zero-order chi connectivity index (χ0) is 21.7. The summed E-state index contributed by atoms with van der Waals surface area (Å²) in [4.78, 5) is 30.0. The summed E-state index contributed by atoms with van der Waals surface area (Å²) in [6, 6.07) is 0.200. The van der Waals surface area contributed by atoms with Gasteiger partial charge in [-0.1, -0.05) is 19.3 Å². The van der Waals surface area contributed by atoms with Gasteiger partial charge in [-0.3, -0.25) is 9.59 Å². The number of hydrogen-bond acceptors (Lipinski definition) is 4. The van der Waals surface area contributed by atoms with Crippen molar-refractivity contribution in [1.29, 1.82) is 0 Å². The van der Waals surface area contributed by atoms with Crippen molar-refractivity contribution < 1.29 is 18.0 Å². The predicted molar refractivity (Wildman–Crippen MR) is 115 cm³/mol. The van der Waals surface area contributed by atoms with E-state index in [1.165, 1.54) is 6.42 Å².